The van der Waals surface area contributed by atoms with Gasteiger partial charge in [-0.05, 0) is 37.6 Å². The number of furan rings is 1. The van der Waals surface area contributed by atoms with Crippen molar-refractivity contribution in [3.63, 3.8) is 0 Å². The molecule has 0 spiro atoms. The number of carbonyl (C=O) groups excluding carboxylic acids is 2. The number of fused-ring (bicyclic) bond motifs is 1. The van der Waals surface area contributed by atoms with E-state index >= 15 is 0 Å². The van der Waals surface area contributed by atoms with E-state index in [0.29, 0.717) is 12.4 Å². The van der Waals surface area contributed by atoms with Gasteiger partial charge in [-0.1, -0.05) is 25.5 Å². The number of aromatic nitrogens is 2. The number of nitrogens with zero attached hydrogens (tertiary/aromatic N) is 2. The molecular formula is C20H24N4O3. The van der Waals surface area contributed by atoms with E-state index in [1.54, 1.807) is 12.1 Å². The number of imidazole rings is 1. The van der Waals surface area contributed by atoms with Crippen LogP contribution in [0.15, 0.2) is 47.1 Å². The molecule has 27 heavy (non-hydrogen) atoms. The van der Waals surface area contributed by atoms with E-state index < -0.39 is 6.04 Å². The molecule has 0 fully saturated rings. The molecule has 1 atom stereocenters. The third-order valence-corrected chi connectivity index (χ3v) is 4.32. The molecule has 0 saturated heterocycles. The van der Waals surface area contributed by atoms with Crippen LogP contribution < -0.4 is 10.6 Å². The van der Waals surface area contributed by atoms with E-state index in [0.717, 1.165) is 23.9 Å². The van der Waals surface area contributed by atoms with Crippen LogP contribution >= 0.6 is 0 Å². The number of amides is 2. The van der Waals surface area contributed by atoms with Crippen LogP contribution in [-0.4, -0.2) is 27.9 Å². The maximum Gasteiger partial charge on any atom is 0.287 e. The van der Waals surface area contributed by atoms with Crippen molar-refractivity contribution in [1.82, 2.24) is 20.2 Å². The molecule has 2 amide bonds. The molecule has 1 unspecified atom stereocenters. The molecule has 7 nitrogen and oxygen atoms in total. The number of benzene rings is 1. The Morgan fingerprint density at radius 2 is 2.04 bits per heavy atom. The quantitative estimate of drug-likeness (QED) is 0.598. The number of carbonyl (C=O) groups is 2. The van der Waals surface area contributed by atoms with Gasteiger partial charge in [0, 0.05) is 6.54 Å². The predicted octanol–water partition coefficient (Wildman–Crippen LogP) is 3.04. The summed E-state index contributed by atoms with van der Waals surface area (Å²) in [5.41, 5.74) is 1.64. The smallest absolute Gasteiger partial charge is 0.287 e. The molecule has 2 aromatic heterocycles. The van der Waals surface area contributed by atoms with Gasteiger partial charge in [0.05, 0.1) is 23.3 Å². The van der Waals surface area contributed by atoms with Crippen LogP contribution in [-0.2, 0) is 11.3 Å². The maximum atomic E-state index is 12.4. The second kappa shape index (κ2) is 8.53. The van der Waals surface area contributed by atoms with Crippen molar-refractivity contribution >= 4 is 22.8 Å². The summed E-state index contributed by atoms with van der Waals surface area (Å²) in [5.74, 6) is 0.472. The zero-order chi connectivity index (χ0) is 19.2. The first-order valence-corrected chi connectivity index (χ1v) is 9.16. The lowest BCUT2D eigenvalue weighted by Crippen LogP contribution is -2.32. The highest BCUT2D eigenvalue weighted by Crippen LogP contribution is 2.21. The number of para-hydroxylation sites is 2. The van der Waals surface area contributed by atoms with Crippen LogP contribution in [0.3, 0.4) is 0 Å². The number of nitrogens with one attached hydrogen (secondary N) is 2. The van der Waals surface area contributed by atoms with Crippen molar-refractivity contribution in [2.75, 3.05) is 6.54 Å². The van der Waals surface area contributed by atoms with Gasteiger partial charge in [-0.2, -0.15) is 0 Å². The van der Waals surface area contributed by atoms with Gasteiger partial charge in [-0.3, -0.25) is 9.59 Å². The van der Waals surface area contributed by atoms with Gasteiger partial charge in [0.25, 0.3) is 5.91 Å². The van der Waals surface area contributed by atoms with Crippen molar-refractivity contribution in [3.8, 4) is 0 Å². The third-order valence-electron chi connectivity index (χ3n) is 4.32. The van der Waals surface area contributed by atoms with Crippen LogP contribution in [0.1, 0.15) is 49.1 Å². The summed E-state index contributed by atoms with van der Waals surface area (Å²) in [5, 5.41) is 5.80. The average molecular weight is 368 g/mol. The molecule has 0 aliphatic carbocycles. The standard InChI is InChI=1S/C20H24N4O3/c1-3-4-11-21-18(25)13-24-16-9-6-5-8-15(16)23-19(24)14(2)22-20(26)17-10-7-12-27-17/h5-10,12,14H,3-4,11,13H2,1-2H3,(H,21,25)(H,22,26). The Kier molecular flexibility index (Phi) is 5.90. The third kappa shape index (κ3) is 4.36. The van der Waals surface area contributed by atoms with Gasteiger partial charge in [-0.25, -0.2) is 4.98 Å². The molecule has 3 rings (SSSR count). The number of unbranched alkanes of at least 4 members (excludes halogenated alkanes) is 1. The summed E-state index contributed by atoms with van der Waals surface area (Å²) in [4.78, 5) is 29.3. The fourth-order valence-corrected chi connectivity index (χ4v) is 2.94. The van der Waals surface area contributed by atoms with Crippen LogP contribution in [0.2, 0.25) is 0 Å². The van der Waals surface area contributed by atoms with Crippen LogP contribution in [0.25, 0.3) is 11.0 Å². The van der Waals surface area contributed by atoms with Gasteiger partial charge >= 0.3 is 0 Å². The van der Waals surface area contributed by atoms with Crippen LogP contribution in [0.4, 0.5) is 0 Å². The Morgan fingerprint density at radius 1 is 1.22 bits per heavy atom. The molecule has 0 bridgehead atoms. The first-order valence-electron chi connectivity index (χ1n) is 9.16. The van der Waals surface area contributed by atoms with Gasteiger partial charge in [0.15, 0.2) is 5.76 Å². The summed E-state index contributed by atoms with van der Waals surface area (Å²) in [6, 6.07) is 10.5. The lowest BCUT2D eigenvalue weighted by molar-refractivity contribution is -0.121. The van der Waals surface area contributed by atoms with Crippen LogP contribution in [0.5, 0.6) is 0 Å². The Morgan fingerprint density at radius 3 is 2.78 bits per heavy atom. The first-order chi connectivity index (χ1) is 13.1. The molecule has 0 aliphatic rings. The van der Waals surface area contributed by atoms with Gasteiger partial charge in [0.2, 0.25) is 5.91 Å². The predicted molar refractivity (Wildman–Crippen MR) is 102 cm³/mol. The topological polar surface area (TPSA) is 89.2 Å². The fourth-order valence-electron chi connectivity index (χ4n) is 2.94. The summed E-state index contributed by atoms with van der Waals surface area (Å²) < 4.78 is 6.99. The zero-order valence-electron chi connectivity index (χ0n) is 15.6. The maximum absolute atomic E-state index is 12.4. The number of hydrogen-bond acceptors (Lipinski definition) is 4. The highest BCUT2D eigenvalue weighted by atomic mass is 16.3. The monoisotopic (exact) mass is 368 g/mol. The second-order valence-corrected chi connectivity index (χ2v) is 6.42. The minimum atomic E-state index is -0.390. The van der Waals surface area contributed by atoms with Gasteiger partial charge in [0.1, 0.15) is 12.4 Å². The molecule has 2 N–H and O–H groups in total. The van der Waals surface area contributed by atoms with Crippen molar-refractivity contribution < 1.29 is 14.0 Å². The van der Waals surface area contributed by atoms with Crippen molar-refractivity contribution in [2.45, 2.75) is 39.3 Å². The Labute approximate surface area is 157 Å². The minimum Gasteiger partial charge on any atom is -0.459 e. The molecule has 0 aliphatic heterocycles. The fraction of sp³-hybridized carbons (Fsp3) is 0.350. The van der Waals surface area contributed by atoms with Crippen LogP contribution in [0, 0.1) is 0 Å². The highest BCUT2D eigenvalue weighted by Gasteiger charge is 2.21. The Hall–Kier alpha value is -3.09. The van der Waals surface area contributed by atoms with E-state index in [9.17, 15) is 9.59 Å². The molecule has 2 heterocycles. The molecular weight excluding hydrogens is 344 g/mol. The van der Waals surface area contributed by atoms with E-state index in [-0.39, 0.29) is 24.1 Å². The Bertz CT molecular complexity index is 915. The normalized spacial score (nSPS) is 12.1. The van der Waals surface area contributed by atoms with E-state index in [1.165, 1.54) is 6.26 Å². The summed E-state index contributed by atoms with van der Waals surface area (Å²) in [6.07, 6.45) is 3.42. The van der Waals surface area contributed by atoms with E-state index in [1.807, 2.05) is 35.8 Å². The zero-order valence-corrected chi connectivity index (χ0v) is 15.6. The molecule has 0 radical (unpaired) electrons. The van der Waals surface area contributed by atoms with E-state index in [2.05, 4.69) is 22.5 Å². The molecule has 0 saturated carbocycles. The van der Waals surface area contributed by atoms with Crippen molar-refractivity contribution in [1.29, 1.82) is 0 Å². The van der Waals surface area contributed by atoms with E-state index in [4.69, 9.17) is 4.42 Å². The second-order valence-electron chi connectivity index (χ2n) is 6.42. The SMILES string of the molecule is CCCCNC(=O)Cn1c(C(C)NC(=O)c2ccco2)nc2ccccc21. The molecule has 3 aromatic rings. The first kappa shape index (κ1) is 18.7. The summed E-state index contributed by atoms with van der Waals surface area (Å²) in [7, 11) is 0. The van der Waals surface area contributed by atoms with Crippen molar-refractivity contribution in [3.05, 3.63) is 54.2 Å². The summed E-state index contributed by atoms with van der Waals surface area (Å²) in [6.45, 7) is 4.73. The van der Waals surface area contributed by atoms with Gasteiger partial charge in [-0.15, -0.1) is 0 Å². The average Bonchev–Trinajstić information content (AvgIpc) is 3.31. The summed E-state index contributed by atoms with van der Waals surface area (Å²) >= 11 is 0. The number of hydrogen-bond donors (Lipinski definition) is 2. The lowest BCUT2D eigenvalue weighted by Gasteiger charge is -2.15. The van der Waals surface area contributed by atoms with Crippen molar-refractivity contribution in [2.24, 2.45) is 0 Å². The minimum absolute atomic E-state index is 0.0718. The molecule has 7 heteroatoms. The lowest BCUT2D eigenvalue weighted by atomic mass is 10.3. The number of rotatable bonds is 8. The highest BCUT2D eigenvalue weighted by molar-refractivity contribution is 5.91. The largest absolute Gasteiger partial charge is 0.459 e. The Balaban J connectivity index is 1.83. The van der Waals surface area contributed by atoms with Gasteiger partial charge < -0.3 is 19.6 Å². The molecule has 142 valence electrons. The molecule has 1 aromatic carbocycles.